The van der Waals surface area contributed by atoms with Crippen LogP contribution >= 0.6 is 38.6 Å². The number of esters is 1. The lowest BCUT2D eigenvalue weighted by Crippen LogP contribution is -1.96. The molecule has 0 bridgehead atoms. The highest BCUT2D eigenvalue weighted by Gasteiger charge is 2.11. The zero-order valence-corrected chi connectivity index (χ0v) is 9.88. The van der Waals surface area contributed by atoms with E-state index in [-0.39, 0.29) is 5.97 Å². The van der Waals surface area contributed by atoms with Gasteiger partial charge in [0.2, 0.25) is 0 Å². The molecule has 0 fully saturated rings. The first-order valence-corrected chi connectivity index (χ1v) is 5.90. The molecule has 0 amide bonds. The summed E-state index contributed by atoms with van der Waals surface area (Å²) in [4.78, 5) is 11.8. The van der Waals surface area contributed by atoms with Crippen LogP contribution in [0, 0.1) is 0 Å². The van der Waals surface area contributed by atoms with E-state index >= 15 is 0 Å². The number of methoxy groups -OCH3 is 1. The molecular formula is C8H5BrO2S2. The molecule has 2 aromatic rings. The average Bonchev–Trinajstić information content (AvgIpc) is 2.59. The molecule has 0 unspecified atom stereocenters. The molecule has 0 aliphatic heterocycles. The number of rotatable bonds is 1. The minimum absolute atomic E-state index is 0.260. The zero-order chi connectivity index (χ0) is 9.42. The van der Waals surface area contributed by atoms with Gasteiger partial charge in [-0.15, -0.1) is 22.7 Å². The van der Waals surface area contributed by atoms with Crippen molar-refractivity contribution < 1.29 is 9.53 Å². The molecule has 5 heteroatoms. The topological polar surface area (TPSA) is 26.3 Å². The van der Waals surface area contributed by atoms with Crippen molar-refractivity contribution in [1.29, 1.82) is 0 Å². The quantitative estimate of drug-likeness (QED) is 0.745. The highest BCUT2D eigenvalue weighted by atomic mass is 79.9. The van der Waals surface area contributed by atoms with Gasteiger partial charge >= 0.3 is 5.97 Å². The molecule has 0 radical (unpaired) electrons. The summed E-state index contributed by atoms with van der Waals surface area (Å²) < 4.78 is 6.86. The van der Waals surface area contributed by atoms with Crippen LogP contribution in [0.2, 0.25) is 0 Å². The van der Waals surface area contributed by atoms with Gasteiger partial charge in [-0.1, -0.05) is 0 Å². The Balaban J connectivity index is 2.51. The van der Waals surface area contributed by atoms with Crippen molar-refractivity contribution in [1.82, 2.24) is 0 Å². The number of hydrogen-bond donors (Lipinski definition) is 0. The van der Waals surface area contributed by atoms with E-state index < -0.39 is 0 Å². The van der Waals surface area contributed by atoms with Crippen molar-refractivity contribution in [3.63, 3.8) is 0 Å². The average molecular weight is 277 g/mol. The molecule has 13 heavy (non-hydrogen) atoms. The first kappa shape index (κ1) is 9.18. The molecule has 2 rings (SSSR count). The molecule has 0 aromatic carbocycles. The molecule has 0 saturated heterocycles. The van der Waals surface area contributed by atoms with Crippen LogP contribution in [0.15, 0.2) is 15.9 Å². The fraction of sp³-hybridized carbons (Fsp3) is 0.125. The van der Waals surface area contributed by atoms with E-state index in [2.05, 4.69) is 20.7 Å². The van der Waals surface area contributed by atoms with E-state index in [1.807, 2.05) is 12.1 Å². The van der Waals surface area contributed by atoms with Gasteiger partial charge in [-0.2, -0.15) is 0 Å². The number of thiophene rings is 2. The Morgan fingerprint density at radius 1 is 1.46 bits per heavy atom. The number of ether oxygens (including phenoxy) is 1. The summed E-state index contributed by atoms with van der Waals surface area (Å²) in [5.41, 5.74) is 0. The number of halogens is 1. The summed E-state index contributed by atoms with van der Waals surface area (Å²) in [6.07, 6.45) is 0. The van der Waals surface area contributed by atoms with Crippen LogP contribution in [-0.4, -0.2) is 13.1 Å². The Hall–Kier alpha value is -0.390. The number of fused-ring (bicyclic) bond motifs is 1. The van der Waals surface area contributed by atoms with Gasteiger partial charge in [-0.25, -0.2) is 4.79 Å². The van der Waals surface area contributed by atoms with Gasteiger partial charge in [-0.3, -0.25) is 0 Å². The van der Waals surface area contributed by atoms with E-state index in [4.69, 9.17) is 0 Å². The lowest BCUT2D eigenvalue weighted by molar-refractivity contribution is 0.0606. The number of carbonyl (C=O) groups is 1. The van der Waals surface area contributed by atoms with Gasteiger partial charge in [0.05, 0.1) is 14.9 Å². The third kappa shape index (κ3) is 1.63. The molecule has 0 aliphatic carbocycles. The van der Waals surface area contributed by atoms with Crippen molar-refractivity contribution in [2.24, 2.45) is 0 Å². The predicted octanol–water partition coefficient (Wildman–Crippen LogP) is 3.51. The van der Waals surface area contributed by atoms with Crippen LogP contribution in [-0.2, 0) is 4.74 Å². The van der Waals surface area contributed by atoms with Gasteiger partial charge in [0, 0.05) is 5.39 Å². The molecule has 0 atom stereocenters. The minimum atomic E-state index is -0.260. The zero-order valence-electron chi connectivity index (χ0n) is 6.67. The normalized spacial score (nSPS) is 10.6. The second-order valence-corrected chi connectivity index (χ2v) is 6.14. The van der Waals surface area contributed by atoms with Crippen LogP contribution in [0.25, 0.3) is 9.40 Å². The Morgan fingerprint density at radius 3 is 2.85 bits per heavy atom. The standard InChI is InChI=1S/C8H5BrO2S2/c1-11-7(10)5-2-4-3-6(9)13-8(4)12-5/h2-3H,1H3. The highest BCUT2D eigenvalue weighted by Crippen LogP contribution is 2.36. The van der Waals surface area contributed by atoms with Crippen LogP contribution in [0.4, 0.5) is 0 Å². The second-order valence-electron chi connectivity index (χ2n) is 2.40. The van der Waals surface area contributed by atoms with Gasteiger partial charge in [-0.05, 0) is 28.1 Å². The molecule has 2 nitrogen and oxygen atoms in total. The fourth-order valence-electron chi connectivity index (χ4n) is 1.01. The Bertz CT molecular complexity index is 426. The SMILES string of the molecule is COC(=O)c1cc2cc(Br)sc2s1. The fourth-order valence-corrected chi connectivity index (χ4v) is 4.16. The first-order valence-electron chi connectivity index (χ1n) is 3.48. The van der Waals surface area contributed by atoms with E-state index in [0.29, 0.717) is 4.88 Å². The van der Waals surface area contributed by atoms with Crippen molar-refractivity contribution in [3.05, 3.63) is 20.8 Å². The van der Waals surface area contributed by atoms with Crippen LogP contribution < -0.4 is 0 Å². The number of carbonyl (C=O) groups excluding carboxylic acids is 1. The Morgan fingerprint density at radius 2 is 2.23 bits per heavy atom. The lowest BCUT2D eigenvalue weighted by Gasteiger charge is -1.90. The van der Waals surface area contributed by atoms with E-state index in [0.717, 1.165) is 13.2 Å². The third-order valence-corrected chi connectivity index (χ3v) is 4.44. The van der Waals surface area contributed by atoms with Crippen LogP contribution in [0.3, 0.4) is 0 Å². The van der Waals surface area contributed by atoms with Crippen LogP contribution in [0.1, 0.15) is 9.67 Å². The molecule has 2 heterocycles. The lowest BCUT2D eigenvalue weighted by atomic mass is 10.4. The largest absolute Gasteiger partial charge is 0.465 e. The summed E-state index contributed by atoms with van der Waals surface area (Å²) in [6.45, 7) is 0. The molecular weight excluding hydrogens is 272 g/mol. The van der Waals surface area contributed by atoms with Gasteiger partial charge in [0.1, 0.15) is 4.88 Å². The molecule has 2 aromatic heterocycles. The summed E-state index contributed by atoms with van der Waals surface area (Å²) in [6, 6.07) is 3.86. The van der Waals surface area contributed by atoms with E-state index in [9.17, 15) is 4.79 Å². The van der Waals surface area contributed by atoms with Crippen molar-refractivity contribution in [2.75, 3.05) is 7.11 Å². The summed E-state index contributed by atoms with van der Waals surface area (Å²) in [5, 5.41) is 1.10. The maximum atomic E-state index is 11.1. The van der Waals surface area contributed by atoms with Gasteiger partial charge in [0.15, 0.2) is 0 Å². The summed E-state index contributed by atoms with van der Waals surface area (Å²) in [7, 11) is 1.39. The third-order valence-electron chi connectivity index (χ3n) is 1.57. The maximum absolute atomic E-state index is 11.1. The van der Waals surface area contributed by atoms with Crippen molar-refractivity contribution in [2.45, 2.75) is 0 Å². The second kappa shape index (κ2) is 3.40. The smallest absolute Gasteiger partial charge is 0.348 e. The van der Waals surface area contributed by atoms with Crippen molar-refractivity contribution >= 4 is 54.0 Å². The molecule has 0 spiro atoms. The van der Waals surface area contributed by atoms with E-state index in [1.165, 1.54) is 18.4 Å². The number of hydrogen-bond acceptors (Lipinski definition) is 4. The Kier molecular flexibility index (Phi) is 2.40. The minimum Gasteiger partial charge on any atom is -0.465 e. The van der Waals surface area contributed by atoms with Crippen LogP contribution in [0.5, 0.6) is 0 Å². The summed E-state index contributed by atoms with van der Waals surface area (Å²) in [5.74, 6) is -0.260. The molecule has 0 saturated carbocycles. The first-order chi connectivity index (χ1) is 6.20. The van der Waals surface area contributed by atoms with Crippen molar-refractivity contribution in [3.8, 4) is 0 Å². The maximum Gasteiger partial charge on any atom is 0.348 e. The summed E-state index contributed by atoms with van der Waals surface area (Å²) >= 11 is 6.48. The Labute approximate surface area is 91.3 Å². The van der Waals surface area contributed by atoms with E-state index in [1.54, 1.807) is 11.3 Å². The molecule has 0 aliphatic rings. The monoisotopic (exact) mass is 276 g/mol. The van der Waals surface area contributed by atoms with Gasteiger partial charge in [0.25, 0.3) is 0 Å². The molecule has 0 N–H and O–H groups in total. The van der Waals surface area contributed by atoms with Gasteiger partial charge < -0.3 is 4.74 Å². The highest BCUT2D eigenvalue weighted by molar-refractivity contribution is 9.11. The predicted molar refractivity (Wildman–Crippen MR) is 58.7 cm³/mol. The molecule has 68 valence electrons.